The molecule has 1 aromatic rings. The molecule has 102 valence electrons. The number of aliphatic hydroxyl groups is 2. The predicted molar refractivity (Wildman–Crippen MR) is 71.6 cm³/mol. The Labute approximate surface area is 115 Å². The molecule has 0 radical (unpaired) electrons. The van der Waals surface area contributed by atoms with Crippen LogP contribution in [0, 0.1) is 11.8 Å². The van der Waals surface area contributed by atoms with Crippen molar-refractivity contribution in [3.05, 3.63) is 23.1 Å². The lowest BCUT2D eigenvalue weighted by atomic mass is 9.92. The van der Waals surface area contributed by atoms with Gasteiger partial charge >= 0.3 is 0 Å². The van der Waals surface area contributed by atoms with Gasteiger partial charge in [-0.15, -0.1) is 0 Å². The van der Waals surface area contributed by atoms with Gasteiger partial charge in [-0.05, 0) is 12.0 Å². The first-order chi connectivity index (χ1) is 9.11. The molecule has 19 heavy (non-hydrogen) atoms. The second-order valence-corrected chi connectivity index (χ2v) is 5.35. The Kier molecular flexibility index (Phi) is 3.08. The van der Waals surface area contributed by atoms with E-state index in [1.807, 2.05) is 6.08 Å². The van der Waals surface area contributed by atoms with Gasteiger partial charge in [0.2, 0.25) is 0 Å². The standard InChI is InChI=1S/C12H15ClN4O2/c13-11-8(14)12(16-4-15-11)17-9-5-1-6(3-18)7(2-5)10(9)19/h1,4-5,7,9-10,18-19H,2-3,14H2,(H,15,16,17)/t5-,7-,9+,10-/m1/s1. The van der Waals surface area contributed by atoms with Crippen LogP contribution in [-0.2, 0) is 0 Å². The van der Waals surface area contributed by atoms with Crippen molar-refractivity contribution in [3.8, 4) is 0 Å². The van der Waals surface area contributed by atoms with Crippen molar-refractivity contribution >= 4 is 23.1 Å². The third kappa shape index (κ3) is 1.96. The van der Waals surface area contributed by atoms with Crippen molar-refractivity contribution in [1.82, 2.24) is 9.97 Å². The molecule has 0 aromatic carbocycles. The summed E-state index contributed by atoms with van der Waals surface area (Å²) in [7, 11) is 0. The highest BCUT2D eigenvalue weighted by molar-refractivity contribution is 6.32. The highest BCUT2D eigenvalue weighted by Crippen LogP contribution is 2.45. The van der Waals surface area contributed by atoms with Crippen molar-refractivity contribution in [2.45, 2.75) is 18.6 Å². The minimum atomic E-state index is -0.551. The highest BCUT2D eigenvalue weighted by atomic mass is 35.5. The minimum absolute atomic E-state index is 0.00637. The normalized spacial score (nSPS) is 32.5. The maximum atomic E-state index is 10.3. The van der Waals surface area contributed by atoms with Crippen LogP contribution in [0.3, 0.4) is 0 Å². The predicted octanol–water partition coefficient (Wildman–Crippen LogP) is 0.422. The van der Waals surface area contributed by atoms with E-state index in [2.05, 4.69) is 15.3 Å². The molecule has 2 bridgehead atoms. The zero-order valence-electron chi connectivity index (χ0n) is 10.1. The van der Waals surface area contributed by atoms with Crippen LogP contribution in [-0.4, -0.2) is 38.9 Å². The van der Waals surface area contributed by atoms with Gasteiger partial charge < -0.3 is 21.3 Å². The number of nitrogens with one attached hydrogen (secondary N) is 1. The number of anilines is 2. The fourth-order valence-electron chi connectivity index (χ4n) is 3.03. The van der Waals surface area contributed by atoms with Crippen LogP contribution >= 0.6 is 11.6 Å². The first kappa shape index (κ1) is 12.7. The number of hydrogen-bond donors (Lipinski definition) is 4. The van der Waals surface area contributed by atoms with Gasteiger partial charge in [0.15, 0.2) is 11.0 Å². The maximum absolute atomic E-state index is 10.3. The van der Waals surface area contributed by atoms with Crippen LogP contribution in [0.2, 0.25) is 5.15 Å². The average molecular weight is 283 g/mol. The summed E-state index contributed by atoms with van der Waals surface area (Å²) in [5.74, 6) is 0.636. The van der Waals surface area contributed by atoms with E-state index in [-0.39, 0.29) is 35.3 Å². The van der Waals surface area contributed by atoms with E-state index in [0.717, 1.165) is 12.0 Å². The van der Waals surface area contributed by atoms with Gasteiger partial charge in [-0.2, -0.15) is 0 Å². The van der Waals surface area contributed by atoms with E-state index in [0.29, 0.717) is 5.82 Å². The first-order valence-electron chi connectivity index (χ1n) is 6.14. The molecule has 0 aliphatic heterocycles. The Morgan fingerprint density at radius 2 is 2.26 bits per heavy atom. The van der Waals surface area contributed by atoms with Gasteiger partial charge in [-0.25, -0.2) is 9.97 Å². The monoisotopic (exact) mass is 282 g/mol. The van der Waals surface area contributed by atoms with Crippen LogP contribution < -0.4 is 11.1 Å². The summed E-state index contributed by atoms with van der Waals surface area (Å²) in [4.78, 5) is 7.84. The average Bonchev–Trinajstić information content (AvgIpc) is 2.94. The van der Waals surface area contributed by atoms with E-state index in [1.54, 1.807) is 0 Å². The van der Waals surface area contributed by atoms with Crippen LogP contribution in [0.15, 0.2) is 18.0 Å². The molecule has 1 heterocycles. The molecular weight excluding hydrogens is 268 g/mol. The Balaban J connectivity index is 1.82. The van der Waals surface area contributed by atoms with Crippen LogP contribution in [0.1, 0.15) is 6.42 Å². The summed E-state index contributed by atoms with van der Waals surface area (Å²) in [6.07, 6.45) is 3.64. The molecule has 4 atom stereocenters. The molecule has 0 spiro atoms. The first-order valence-corrected chi connectivity index (χ1v) is 6.51. The lowest BCUT2D eigenvalue weighted by molar-refractivity contribution is 0.125. The summed E-state index contributed by atoms with van der Waals surface area (Å²) in [6, 6.07) is -0.159. The number of nitrogen functional groups attached to an aromatic ring is 1. The summed E-state index contributed by atoms with van der Waals surface area (Å²) in [5.41, 5.74) is 7.00. The summed E-state index contributed by atoms with van der Waals surface area (Å²) in [6.45, 7) is 0.00637. The Hall–Kier alpha value is -1.37. The van der Waals surface area contributed by atoms with Gasteiger partial charge in [-0.1, -0.05) is 17.7 Å². The highest BCUT2D eigenvalue weighted by Gasteiger charge is 2.47. The van der Waals surface area contributed by atoms with Crippen molar-refractivity contribution in [1.29, 1.82) is 0 Å². The van der Waals surface area contributed by atoms with E-state index < -0.39 is 6.10 Å². The second kappa shape index (κ2) is 4.63. The maximum Gasteiger partial charge on any atom is 0.157 e. The van der Waals surface area contributed by atoms with E-state index >= 15 is 0 Å². The Bertz CT molecular complexity index is 536. The number of nitrogens with two attached hydrogens (primary N) is 1. The molecule has 0 unspecified atom stereocenters. The molecular formula is C12H15ClN4O2. The zero-order valence-corrected chi connectivity index (χ0v) is 10.9. The lowest BCUT2D eigenvalue weighted by Crippen LogP contribution is -2.39. The third-order valence-electron chi connectivity index (χ3n) is 3.99. The molecule has 0 saturated heterocycles. The lowest BCUT2D eigenvalue weighted by Gasteiger charge is -2.28. The van der Waals surface area contributed by atoms with Gasteiger partial charge in [-0.3, -0.25) is 0 Å². The van der Waals surface area contributed by atoms with Crippen molar-refractivity contribution in [3.63, 3.8) is 0 Å². The van der Waals surface area contributed by atoms with Crippen molar-refractivity contribution in [2.75, 3.05) is 17.7 Å². The summed E-state index contributed by atoms with van der Waals surface area (Å²) in [5, 5.41) is 22.8. The summed E-state index contributed by atoms with van der Waals surface area (Å²) >= 11 is 5.84. The third-order valence-corrected chi connectivity index (χ3v) is 4.29. The smallest absolute Gasteiger partial charge is 0.157 e. The van der Waals surface area contributed by atoms with E-state index in [4.69, 9.17) is 17.3 Å². The molecule has 1 aromatic heterocycles. The number of nitrogens with zero attached hydrogens (tertiary/aromatic N) is 2. The van der Waals surface area contributed by atoms with Crippen molar-refractivity contribution in [2.24, 2.45) is 11.8 Å². The molecule has 5 N–H and O–H groups in total. The van der Waals surface area contributed by atoms with Crippen molar-refractivity contribution < 1.29 is 10.2 Å². The number of aromatic nitrogens is 2. The molecule has 6 nitrogen and oxygen atoms in total. The van der Waals surface area contributed by atoms with Gasteiger partial charge in [0.05, 0.1) is 18.8 Å². The van der Waals surface area contributed by atoms with E-state index in [1.165, 1.54) is 6.33 Å². The molecule has 2 aliphatic carbocycles. The molecule has 1 fully saturated rings. The number of aliphatic hydroxyl groups excluding tert-OH is 2. The Morgan fingerprint density at radius 3 is 2.95 bits per heavy atom. The fraction of sp³-hybridized carbons (Fsp3) is 0.500. The molecule has 7 heteroatoms. The SMILES string of the molecule is Nc1c(Cl)ncnc1N[C@@H]1[C@H](O)[C@@H]2C[C@H]1C=C2CO. The van der Waals surface area contributed by atoms with Crippen LogP contribution in [0.4, 0.5) is 11.5 Å². The Morgan fingerprint density at radius 1 is 1.47 bits per heavy atom. The fourth-order valence-corrected chi connectivity index (χ4v) is 3.17. The van der Waals surface area contributed by atoms with Gasteiger partial charge in [0.1, 0.15) is 12.0 Å². The second-order valence-electron chi connectivity index (χ2n) is 4.99. The van der Waals surface area contributed by atoms with Crippen LogP contribution in [0.25, 0.3) is 0 Å². The molecule has 2 aliphatic rings. The zero-order chi connectivity index (χ0) is 13.6. The van der Waals surface area contributed by atoms with Gasteiger partial charge in [0, 0.05) is 11.8 Å². The topological polar surface area (TPSA) is 104 Å². The molecule has 1 saturated carbocycles. The minimum Gasteiger partial charge on any atom is -0.393 e. The summed E-state index contributed by atoms with van der Waals surface area (Å²) < 4.78 is 0. The molecule has 0 amide bonds. The van der Waals surface area contributed by atoms with E-state index in [9.17, 15) is 10.2 Å². The largest absolute Gasteiger partial charge is 0.393 e. The van der Waals surface area contributed by atoms with Gasteiger partial charge in [0.25, 0.3) is 0 Å². The number of fused-ring (bicyclic) bond motifs is 2. The molecule has 3 rings (SSSR count). The number of halogens is 1. The van der Waals surface area contributed by atoms with Crippen LogP contribution in [0.5, 0.6) is 0 Å². The quantitative estimate of drug-likeness (QED) is 0.473. The number of rotatable bonds is 3. The number of hydrogen-bond acceptors (Lipinski definition) is 6.